The molecule has 1 aromatic carbocycles. The highest BCUT2D eigenvalue weighted by molar-refractivity contribution is 7.98. The monoisotopic (exact) mass is 282 g/mol. The Morgan fingerprint density at radius 2 is 1.70 bits per heavy atom. The minimum atomic E-state index is 0.861. The largest absolute Gasteiger partial charge is 0.272 e. The Kier molecular flexibility index (Phi) is 3.52. The molecule has 0 atom stereocenters. The van der Waals surface area contributed by atoms with Gasteiger partial charge in [-0.25, -0.2) is 4.98 Å². The summed E-state index contributed by atoms with van der Waals surface area (Å²) in [6, 6.07) is 10.6. The molecule has 0 fully saturated rings. The summed E-state index contributed by atoms with van der Waals surface area (Å²) < 4.78 is 1.82. The molecule has 20 heavy (non-hydrogen) atoms. The van der Waals surface area contributed by atoms with Crippen LogP contribution in [0.2, 0.25) is 0 Å². The Hall–Kier alpha value is -2.14. The van der Waals surface area contributed by atoms with E-state index < -0.39 is 0 Å². The smallest absolute Gasteiger partial charge is 0.142 e. The first-order valence-electron chi connectivity index (χ1n) is 6.24. The van der Waals surface area contributed by atoms with Crippen molar-refractivity contribution in [2.24, 2.45) is 0 Å². The molecule has 5 heteroatoms. The number of aryl methyl sites for hydroxylation is 1. The van der Waals surface area contributed by atoms with Gasteiger partial charge in [0.05, 0.1) is 0 Å². The lowest BCUT2D eigenvalue weighted by Gasteiger charge is -2.08. The van der Waals surface area contributed by atoms with E-state index in [2.05, 4.69) is 51.8 Å². The number of hydrogen-bond acceptors (Lipinski definition) is 4. The van der Waals surface area contributed by atoms with Crippen LogP contribution < -0.4 is 0 Å². The standard InChI is InChI=1S/C15H14N4S/c1-11-7-13(12-3-5-14(20-2)6-4-12)8-16-15(11)19-9-17-18-10-19/h3-10H,1-2H3. The summed E-state index contributed by atoms with van der Waals surface area (Å²) in [5.74, 6) is 0.861. The van der Waals surface area contributed by atoms with Gasteiger partial charge in [0.2, 0.25) is 0 Å². The molecule has 0 saturated carbocycles. The molecule has 0 bridgehead atoms. The van der Waals surface area contributed by atoms with Crippen molar-refractivity contribution in [3.8, 4) is 16.9 Å². The van der Waals surface area contributed by atoms with Gasteiger partial charge in [-0.1, -0.05) is 12.1 Å². The van der Waals surface area contributed by atoms with Crippen molar-refractivity contribution in [3.05, 3.63) is 54.7 Å². The Balaban J connectivity index is 1.97. The third-order valence-corrected chi connectivity index (χ3v) is 3.88. The SMILES string of the molecule is CSc1ccc(-c2cnc(-n3cnnc3)c(C)c2)cc1. The third-order valence-electron chi connectivity index (χ3n) is 3.14. The summed E-state index contributed by atoms with van der Waals surface area (Å²) in [6.07, 6.45) is 7.27. The van der Waals surface area contributed by atoms with Gasteiger partial charge < -0.3 is 0 Å². The van der Waals surface area contributed by atoms with E-state index in [-0.39, 0.29) is 0 Å². The van der Waals surface area contributed by atoms with Crippen LogP contribution in [-0.4, -0.2) is 26.0 Å². The van der Waals surface area contributed by atoms with Gasteiger partial charge in [0, 0.05) is 16.7 Å². The maximum absolute atomic E-state index is 4.52. The zero-order chi connectivity index (χ0) is 13.9. The third kappa shape index (κ3) is 2.44. The fourth-order valence-corrected chi connectivity index (χ4v) is 2.50. The zero-order valence-electron chi connectivity index (χ0n) is 11.3. The molecule has 0 radical (unpaired) electrons. The summed E-state index contributed by atoms with van der Waals surface area (Å²) in [5.41, 5.74) is 3.39. The normalized spacial score (nSPS) is 10.7. The maximum atomic E-state index is 4.52. The lowest BCUT2D eigenvalue weighted by molar-refractivity contribution is 0.974. The lowest BCUT2D eigenvalue weighted by Crippen LogP contribution is -1.98. The van der Waals surface area contributed by atoms with Crippen LogP contribution in [0.3, 0.4) is 0 Å². The van der Waals surface area contributed by atoms with Crippen LogP contribution in [0.5, 0.6) is 0 Å². The molecule has 0 saturated heterocycles. The molecule has 4 nitrogen and oxygen atoms in total. The average Bonchev–Trinajstić information content (AvgIpc) is 3.01. The molecule has 0 aliphatic heterocycles. The van der Waals surface area contributed by atoms with Gasteiger partial charge in [-0.3, -0.25) is 4.57 Å². The van der Waals surface area contributed by atoms with Crippen molar-refractivity contribution in [1.29, 1.82) is 0 Å². The summed E-state index contributed by atoms with van der Waals surface area (Å²) in [7, 11) is 0. The summed E-state index contributed by atoms with van der Waals surface area (Å²) in [4.78, 5) is 5.78. The first-order valence-corrected chi connectivity index (χ1v) is 7.46. The fraction of sp³-hybridized carbons (Fsp3) is 0.133. The van der Waals surface area contributed by atoms with Crippen molar-refractivity contribution < 1.29 is 0 Å². The number of nitrogens with zero attached hydrogens (tertiary/aromatic N) is 4. The molecule has 2 heterocycles. The quantitative estimate of drug-likeness (QED) is 0.691. The van der Waals surface area contributed by atoms with E-state index in [9.17, 15) is 0 Å². The molecular formula is C15H14N4S. The number of thioether (sulfide) groups is 1. The maximum Gasteiger partial charge on any atom is 0.142 e. The van der Waals surface area contributed by atoms with E-state index in [1.807, 2.05) is 17.7 Å². The number of aromatic nitrogens is 4. The van der Waals surface area contributed by atoms with Gasteiger partial charge in [-0.05, 0) is 42.5 Å². The Morgan fingerprint density at radius 3 is 2.30 bits per heavy atom. The van der Waals surface area contributed by atoms with E-state index in [1.165, 1.54) is 10.5 Å². The Labute approximate surface area is 121 Å². The van der Waals surface area contributed by atoms with Crippen molar-refractivity contribution >= 4 is 11.8 Å². The first kappa shape index (κ1) is 12.9. The summed E-state index contributed by atoms with van der Waals surface area (Å²) in [5, 5.41) is 7.62. The van der Waals surface area contributed by atoms with Gasteiger partial charge in [-0.2, -0.15) is 0 Å². The minimum Gasteiger partial charge on any atom is -0.272 e. The lowest BCUT2D eigenvalue weighted by atomic mass is 10.1. The molecule has 0 unspecified atom stereocenters. The highest BCUT2D eigenvalue weighted by Gasteiger charge is 2.05. The second kappa shape index (κ2) is 5.46. The molecule has 0 amide bonds. The number of pyridine rings is 1. The zero-order valence-corrected chi connectivity index (χ0v) is 12.1. The molecule has 0 aliphatic carbocycles. The fourth-order valence-electron chi connectivity index (χ4n) is 2.09. The van der Waals surface area contributed by atoms with Crippen molar-refractivity contribution in [1.82, 2.24) is 19.7 Å². The van der Waals surface area contributed by atoms with Gasteiger partial charge in [0.25, 0.3) is 0 Å². The van der Waals surface area contributed by atoms with Crippen LogP contribution in [0.25, 0.3) is 16.9 Å². The van der Waals surface area contributed by atoms with Crippen molar-refractivity contribution in [2.75, 3.05) is 6.26 Å². The minimum absolute atomic E-state index is 0.861. The number of hydrogen-bond donors (Lipinski definition) is 0. The second-order valence-corrected chi connectivity index (χ2v) is 5.34. The summed E-state index contributed by atoms with van der Waals surface area (Å²) in [6.45, 7) is 2.04. The van der Waals surface area contributed by atoms with Crippen LogP contribution in [0.4, 0.5) is 0 Å². The molecule has 3 aromatic rings. The predicted octanol–water partition coefficient (Wildman–Crippen LogP) is 3.36. The number of benzene rings is 1. The predicted molar refractivity (Wildman–Crippen MR) is 81.1 cm³/mol. The van der Waals surface area contributed by atoms with Gasteiger partial charge in [0.15, 0.2) is 0 Å². The van der Waals surface area contributed by atoms with Crippen LogP contribution >= 0.6 is 11.8 Å². The van der Waals surface area contributed by atoms with E-state index in [0.29, 0.717) is 0 Å². The molecule has 0 aliphatic rings. The van der Waals surface area contributed by atoms with Gasteiger partial charge >= 0.3 is 0 Å². The second-order valence-electron chi connectivity index (χ2n) is 4.46. The first-order chi connectivity index (χ1) is 9.78. The van der Waals surface area contributed by atoms with Crippen LogP contribution in [-0.2, 0) is 0 Å². The highest BCUT2D eigenvalue weighted by Crippen LogP contribution is 2.24. The molecule has 2 aromatic heterocycles. The van der Waals surface area contributed by atoms with Crippen LogP contribution in [0, 0.1) is 6.92 Å². The molecule has 100 valence electrons. The Bertz CT molecular complexity index is 705. The van der Waals surface area contributed by atoms with E-state index in [4.69, 9.17) is 0 Å². The molecule has 3 rings (SSSR count). The topological polar surface area (TPSA) is 43.6 Å². The average molecular weight is 282 g/mol. The van der Waals surface area contributed by atoms with E-state index >= 15 is 0 Å². The van der Waals surface area contributed by atoms with Crippen LogP contribution in [0.15, 0.2) is 54.1 Å². The van der Waals surface area contributed by atoms with E-state index in [0.717, 1.165) is 16.9 Å². The Morgan fingerprint density at radius 1 is 1.00 bits per heavy atom. The molecule has 0 spiro atoms. The molecular weight excluding hydrogens is 268 g/mol. The van der Waals surface area contributed by atoms with Gasteiger partial charge in [0.1, 0.15) is 18.5 Å². The van der Waals surface area contributed by atoms with Gasteiger partial charge in [-0.15, -0.1) is 22.0 Å². The van der Waals surface area contributed by atoms with Crippen LogP contribution in [0.1, 0.15) is 5.56 Å². The summed E-state index contributed by atoms with van der Waals surface area (Å²) >= 11 is 1.74. The van der Waals surface area contributed by atoms with E-state index in [1.54, 1.807) is 24.4 Å². The van der Waals surface area contributed by atoms with Crippen molar-refractivity contribution in [2.45, 2.75) is 11.8 Å². The molecule has 0 N–H and O–H groups in total. The van der Waals surface area contributed by atoms with Crippen molar-refractivity contribution in [3.63, 3.8) is 0 Å². The number of rotatable bonds is 3. The highest BCUT2D eigenvalue weighted by atomic mass is 32.2.